The van der Waals surface area contributed by atoms with Crippen LogP contribution in [0.4, 0.5) is 0 Å². The van der Waals surface area contributed by atoms with Crippen molar-refractivity contribution < 1.29 is 9.90 Å². The van der Waals surface area contributed by atoms with E-state index in [0.29, 0.717) is 5.78 Å². The Kier molecular flexibility index (Phi) is 1.53. The molecule has 0 radical (unpaired) electrons. The summed E-state index contributed by atoms with van der Waals surface area (Å²) in [4.78, 5) is 11.2. The number of aliphatic hydroxyl groups is 1. The highest BCUT2D eigenvalue weighted by Crippen LogP contribution is 2.48. The second kappa shape index (κ2) is 2.31. The Balaban J connectivity index is 2.01. The van der Waals surface area contributed by atoms with Gasteiger partial charge >= 0.3 is 0 Å². The van der Waals surface area contributed by atoms with E-state index in [9.17, 15) is 9.90 Å². The zero-order valence-corrected chi connectivity index (χ0v) is 6.68. The zero-order chi connectivity index (χ0) is 7.90. The molecule has 0 saturated heterocycles. The van der Waals surface area contributed by atoms with Crippen LogP contribution in [0.2, 0.25) is 0 Å². The molecule has 2 aliphatic carbocycles. The standard InChI is InChI=1S/C9H14O2/c10-7-1-4-9(5-2-7)6-3-8(9)11/h7,10H,1-6H2. The molecule has 62 valence electrons. The van der Waals surface area contributed by atoms with Crippen LogP contribution in [-0.4, -0.2) is 17.0 Å². The minimum absolute atomic E-state index is 0.0409. The molecule has 0 aromatic heterocycles. The Hall–Kier alpha value is -0.370. The average molecular weight is 154 g/mol. The number of hydrogen-bond donors (Lipinski definition) is 1. The number of aliphatic hydroxyl groups excluding tert-OH is 1. The van der Waals surface area contributed by atoms with Crippen molar-refractivity contribution in [2.75, 3.05) is 0 Å². The van der Waals surface area contributed by atoms with Crippen LogP contribution in [0.15, 0.2) is 0 Å². The number of hydrogen-bond acceptors (Lipinski definition) is 2. The smallest absolute Gasteiger partial charge is 0.139 e. The molecule has 0 unspecified atom stereocenters. The van der Waals surface area contributed by atoms with Crippen LogP contribution in [0.25, 0.3) is 0 Å². The van der Waals surface area contributed by atoms with Gasteiger partial charge in [-0.25, -0.2) is 0 Å². The van der Waals surface area contributed by atoms with Crippen LogP contribution in [0, 0.1) is 5.41 Å². The first kappa shape index (κ1) is 7.29. The van der Waals surface area contributed by atoms with Gasteiger partial charge in [-0.1, -0.05) is 0 Å². The van der Waals surface area contributed by atoms with Gasteiger partial charge in [0.05, 0.1) is 6.10 Å². The molecule has 1 N–H and O–H groups in total. The van der Waals surface area contributed by atoms with Crippen molar-refractivity contribution in [2.45, 2.75) is 44.6 Å². The molecular weight excluding hydrogens is 140 g/mol. The van der Waals surface area contributed by atoms with E-state index in [1.165, 1.54) is 0 Å². The Labute approximate surface area is 66.6 Å². The normalized spacial score (nSPS) is 44.1. The zero-order valence-electron chi connectivity index (χ0n) is 6.68. The van der Waals surface area contributed by atoms with Crippen LogP contribution < -0.4 is 0 Å². The van der Waals surface area contributed by atoms with Crippen LogP contribution in [0.3, 0.4) is 0 Å². The summed E-state index contributed by atoms with van der Waals surface area (Å²) in [5.74, 6) is 0.449. The fourth-order valence-electron chi connectivity index (χ4n) is 2.26. The molecule has 0 amide bonds. The molecule has 2 aliphatic rings. The van der Waals surface area contributed by atoms with E-state index < -0.39 is 0 Å². The van der Waals surface area contributed by atoms with E-state index in [2.05, 4.69) is 0 Å². The molecule has 2 heteroatoms. The molecule has 0 aromatic rings. The van der Waals surface area contributed by atoms with Crippen molar-refractivity contribution in [1.82, 2.24) is 0 Å². The third-order valence-electron chi connectivity index (χ3n) is 3.33. The third-order valence-corrected chi connectivity index (χ3v) is 3.33. The average Bonchev–Trinajstić information content (AvgIpc) is 2.03. The molecule has 0 heterocycles. The molecule has 2 nitrogen and oxygen atoms in total. The van der Waals surface area contributed by atoms with Gasteiger partial charge in [0.15, 0.2) is 0 Å². The summed E-state index contributed by atoms with van der Waals surface area (Å²) < 4.78 is 0. The summed E-state index contributed by atoms with van der Waals surface area (Å²) in [6.45, 7) is 0. The van der Waals surface area contributed by atoms with Crippen molar-refractivity contribution in [3.63, 3.8) is 0 Å². The molecule has 2 saturated carbocycles. The lowest BCUT2D eigenvalue weighted by molar-refractivity contribution is -0.142. The second-order valence-corrected chi connectivity index (χ2v) is 3.93. The van der Waals surface area contributed by atoms with Gasteiger partial charge in [-0.2, -0.15) is 0 Å². The van der Waals surface area contributed by atoms with Gasteiger partial charge in [0, 0.05) is 11.8 Å². The fourth-order valence-corrected chi connectivity index (χ4v) is 2.26. The van der Waals surface area contributed by atoms with Gasteiger partial charge in [-0.05, 0) is 32.1 Å². The van der Waals surface area contributed by atoms with Gasteiger partial charge in [0.1, 0.15) is 5.78 Å². The Morgan fingerprint density at radius 3 is 2.27 bits per heavy atom. The Morgan fingerprint density at radius 2 is 1.91 bits per heavy atom. The summed E-state index contributed by atoms with van der Waals surface area (Å²) in [6.07, 6.45) is 5.29. The molecule has 0 atom stereocenters. The van der Waals surface area contributed by atoms with Crippen LogP contribution in [0.5, 0.6) is 0 Å². The van der Waals surface area contributed by atoms with E-state index in [4.69, 9.17) is 0 Å². The van der Waals surface area contributed by atoms with Crippen molar-refractivity contribution in [2.24, 2.45) is 5.41 Å². The number of carbonyl (C=O) groups excluding carboxylic acids is 1. The van der Waals surface area contributed by atoms with Crippen LogP contribution >= 0.6 is 0 Å². The first-order chi connectivity index (χ1) is 5.23. The largest absolute Gasteiger partial charge is 0.393 e. The maximum absolute atomic E-state index is 11.2. The first-order valence-electron chi connectivity index (χ1n) is 4.44. The number of carbonyl (C=O) groups is 1. The highest BCUT2D eigenvalue weighted by Gasteiger charge is 2.47. The topological polar surface area (TPSA) is 37.3 Å². The SMILES string of the molecule is O=C1CCC12CCC(O)CC2. The predicted octanol–water partition coefficient (Wildman–Crippen LogP) is 1.27. The summed E-state index contributed by atoms with van der Waals surface area (Å²) in [6, 6.07) is 0. The highest BCUT2D eigenvalue weighted by atomic mass is 16.3. The van der Waals surface area contributed by atoms with E-state index in [1.54, 1.807) is 0 Å². The Morgan fingerprint density at radius 1 is 1.27 bits per heavy atom. The van der Waals surface area contributed by atoms with Crippen molar-refractivity contribution in [1.29, 1.82) is 0 Å². The van der Waals surface area contributed by atoms with Gasteiger partial charge in [0.2, 0.25) is 0 Å². The van der Waals surface area contributed by atoms with Gasteiger partial charge in [0.25, 0.3) is 0 Å². The summed E-state index contributed by atoms with van der Waals surface area (Å²) in [5.41, 5.74) is 0.0409. The predicted molar refractivity (Wildman–Crippen MR) is 41.1 cm³/mol. The van der Waals surface area contributed by atoms with E-state index in [0.717, 1.165) is 38.5 Å². The minimum Gasteiger partial charge on any atom is -0.393 e. The number of rotatable bonds is 0. The lowest BCUT2D eigenvalue weighted by Gasteiger charge is -2.44. The lowest BCUT2D eigenvalue weighted by Crippen LogP contribution is -2.44. The Bertz CT molecular complexity index is 178. The highest BCUT2D eigenvalue weighted by molar-refractivity contribution is 5.90. The lowest BCUT2D eigenvalue weighted by atomic mass is 9.59. The molecule has 2 fully saturated rings. The van der Waals surface area contributed by atoms with Crippen LogP contribution in [-0.2, 0) is 4.79 Å². The summed E-state index contributed by atoms with van der Waals surface area (Å²) >= 11 is 0. The van der Waals surface area contributed by atoms with Gasteiger partial charge in [-0.15, -0.1) is 0 Å². The molecule has 2 rings (SSSR count). The minimum atomic E-state index is -0.131. The molecule has 11 heavy (non-hydrogen) atoms. The second-order valence-electron chi connectivity index (χ2n) is 3.93. The van der Waals surface area contributed by atoms with E-state index in [-0.39, 0.29) is 11.5 Å². The quantitative estimate of drug-likeness (QED) is 0.570. The summed E-state index contributed by atoms with van der Waals surface area (Å²) in [5, 5.41) is 9.24. The number of Topliss-reactive ketones (excluding diaryl/α,β-unsaturated/α-hetero) is 1. The first-order valence-corrected chi connectivity index (χ1v) is 4.44. The van der Waals surface area contributed by atoms with E-state index >= 15 is 0 Å². The fraction of sp³-hybridized carbons (Fsp3) is 0.889. The molecule has 0 aromatic carbocycles. The number of ketones is 1. The van der Waals surface area contributed by atoms with Crippen molar-refractivity contribution in [3.05, 3.63) is 0 Å². The monoisotopic (exact) mass is 154 g/mol. The molecule has 0 aliphatic heterocycles. The molecule has 1 spiro atoms. The van der Waals surface area contributed by atoms with E-state index in [1.807, 2.05) is 0 Å². The molecule has 0 bridgehead atoms. The van der Waals surface area contributed by atoms with Gasteiger partial charge in [-0.3, -0.25) is 4.79 Å². The van der Waals surface area contributed by atoms with Gasteiger partial charge < -0.3 is 5.11 Å². The summed E-state index contributed by atoms with van der Waals surface area (Å²) in [7, 11) is 0. The van der Waals surface area contributed by atoms with Crippen molar-refractivity contribution in [3.8, 4) is 0 Å². The maximum Gasteiger partial charge on any atom is 0.139 e. The maximum atomic E-state index is 11.2. The van der Waals surface area contributed by atoms with Crippen molar-refractivity contribution >= 4 is 5.78 Å². The van der Waals surface area contributed by atoms with Crippen LogP contribution in [0.1, 0.15) is 38.5 Å². The molecular formula is C9H14O2. The third kappa shape index (κ3) is 1.00.